The highest BCUT2D eigenvalue weighted by atomic mass is 16.1. The summed E-state index contributed by atoms with van der Waals surface area (Å²) in [5.74, 6) is 0.422. The summed E-state index contributed by atoms with van der Waals surface area (Å²) in [7, 11) is 0. The Bertz CT molecular complexity index is 579. The minimum atomic E-state index is 0.168. The van der Waals surface area contributed by atoms with Crippen molar-refractivity contribution >= 4 is 11.9 Å². The van der Waals surface area contributed by atoms with E-state index in [1.54, 1.807) is 6.08 Å². The van der Waals surface area contributed by atoms with Gasteiger partial charge in [-0.2, -0.15) is 0 Å². The lowest BCUT2D eigenvalue weighted by Crippen LogP contribution is -2.01. The van der Waals surface area contributed by atoms with Crippen molar-refractivity contribution in [2.24, 2.45) is 0 Å². The van der Waals surface area contributed by atoms with E-state index < -0.39 is 0 Å². The predicted molar refractivity (Wildman–Crippen MR) is 84.7 cm³/mol. The molecule has 0 aromatic heterocycles. The summed E-state index contributed by atoms with van der Waals surface area (Å²) in [6.45, 7) is 4.17. The van der Waals surface area contributed by atoms with Crippen LogP contribution in [0.15, 0.2) is 60.7 Å². The quantitative estimate of drug-likeness (QED) is 0.711. The first-order valence-corrected chi connectivity index (χ1v) is 6.97. The van der Waals surface area contributed by atoms with Gasteiger partial charge in [-0.3, -0.25) is 4.79 Å². The zero-order chi connectivity index (χ0) is 14.4. The largest absolute Gasteiger partial charge is 0.295 e. The van der Waals surface area contributed by atoms with Gasteiger partial charge >= 0.3 is 0 Å². The lowest BCUT2D eigenvalue weighted by Gasteiger charge is -2.09. The number of aryl methyl sites for hydroxylation is 1. The Morgan fingerprint density at radius 3 is 2.35 bits per heavy atom. The smallest absolute Gasteiger partial charge is 0.156 e. The SMILES string of the molecule is Cc1ccc([C@@H](C)CC(=O)/C=C\c2ccccc2)cc1. The fourth-order valence-corrected chi connectivity index (χ4v) is 2.14. The Kier molecular flexibility index (Phi) is 4.89. The summed E-state index contributed by atoms with van der Waals surface area (Å²) in [5, 5.41) is 0. The molecule has 0 unspecified atom stereocenters. The lowest BCUT2D eigenvalue weighted by atomic mass is 9.95. The van der Waals surface area contributed by atoms with Crippen LogP contribution in [0.3, 0.4) is 0 Å². The highest BCUT2D eigenvalue weighted by Gasteiger charge is 2.08. The molecule has 102 valence electrons. The van der Waals surface area contributed by atoms with Crippen molar-refractivity contribution in [1.82, 2.24) is 0 Å². The molecule has 2 rings (SSSR count). The molecule has 0 saturated carbocycles. The molecule has 1 atom stereocenters. The molecule has 2 aromatic carbocycles. The van der Waals surface area contributed by atoms with Gasteiger partial charge in [-0.25, -0.2) is 0 Å². The standard InChI is InChI=1S/C19H20O/c1-15-8-11-18(12-9-15)16(2)14-19(20)13-10-17-6-4-3-5-7-17/h3-13,16H,14H2,1-2H3/b13-10-/t16-/m0/s1. The van der Waals surface area contributed by atoms with Gasteiger partial charge in [-0.15, -0.1) is 0 Å². The van der Waals surface area contributed by atoms with Crippen LogP contribution in [0.4, 0.5) is 0 Å². The van der Waals surface area contributed by atoms with E-state index in [2.05, 4.69) is 38.1 Å². The third-order valence-electron chi connectivity index (χ3n) is 3.42. The number of hydrogen-bond acceptors (Lipinski definition) is 1. The first-order valence-electron chi connectivity index (χ1n) is 6.97. The van der Waals surface area contributed by atoms with Gasteiger partial charge in [-0.05, 0) is 30.0 Å². The summed E-state index contributed by atoms with van der Waals surface area (Å²) < 4.78 is 0. The van der Waals surface area contributed by atoms with E-state index in [0.29, 0.717) is 6.42 Å². The minimum Gasteiger partial charge on any atom is -0.295 e. The number of carbonyl (C=O) groups excluding carboxylic acids is 1. The number of hydrogen-bond donors (Lipinski definition) is 0. The first kappa shape index (κ1) is 14.3. The predicted octanol–water partition coefficient (Wildman–Crippen LogP) is 4.77. The Morgan fingerprint density at radius 1 is 1.05 bits per heavy atom. The van der Waals surface area contributed by atoms with Gasteiger partial charge < -0.3 is 0 Å². The highest BCUT2D eigenvalue weighted by Crippen LogP contribution is 2.20. The van der Waals surface area contributed by atoms with E-state index in [1.165, 1.54) is 11.1 Å². The molecule has 2 aromatic rings. The summed E-state index contributed by atoms with van der Waals surface area (Å²) in [5.41, 5.74) is 3.53. The average molecular weight is 264 g/mol. The van der Waals surface area contributed by atoms with Gasteiger partial charge in [0.2, 0.25) is 0 Å². The molecule has 0 saturated heterocycles. The van der Waals surface area contributed by atoms with Crippen molar-refractivity contribution in [3.8, 4) is 0 Å². The number of benzene rings is 2. The van der Waals surface area contributed by atoms with Gasteiger partial charge in [-0.1, -0.05) is 73.2 Å². The van der Waals surface area contributed by atoms with Crippen LogP contribution in [-0.4, -0.2) is 5.78 Å². The second-order valence-corrected chi connectivity index (χ2v) is 5.23. The second-order valence-electron chi connectivity index (χ2n) is 5.23. The van der Waals surface area contributed by atoms with E-state index in [9.17, 15) is 4.79 Å². The van der Waals surface area contributed by atoms with Crippen LogP contribution in [0, 0.1) is 6.92 Å². The molecule has 0 fully saturated rings. The summed E-state index contributed by atoms with van der Waals surface area (Å²) in [6, 6.07) is 18.3. The Labute approximate surface area is 121 Å². The van der Waals surface area contributed by atoms with Crippen molar-refractivity contribution in [3.63, 3.8) is 0 Å². The molecular weight excluding hydrogens is 244 g/mol. The van der Waals surface area contributed by atoms with E-state index in [1.807, 2.05) is 36.4 Å². The maximum atomic E-state index is 12.0. The Balaban J connectivity index is 1.94. The maximum absolute atomic E-state index is 12.0. The molecule has 0 N–H and O–H groups in total. The fourth-order valence-electron chi connectivity index (χ4n) is 2.14. The van der Waals surface area contributed by atoms with Crippen LogP contribution in [0.5, 0.6) is 0 Å². The molecule has 0 heterocycles. The van der Waals surface area contributed by atoms with Gasteiger partial charge in [0.15, 0.2) is 5.78 Å². The summed E-state index contributed by atoms with van der Waals surface area (Å²) in [4.78, 5) is 12.0. The molecule has 0 amide bonds. The molecule has 0 bridgehead atoms. The number of rotatable bonds is 5. The van der Waals surface area contributed by atoms with Crippen LogP contribution >= 0.6 is 0 Å². The highest BCUT2D eigenvalue weighted by molar-refractivity contribution is 5.94. The van der Waals surface area contributed by atoms with Crippen LogP contribution in [0.2, 0.25) is 0 Å². The molecule has 0 aliphatic heterocycles. The molecular formula is C19H20O. The van der Waals surface area contributed by atoms with Crippen LogP contribution in [0.1, 0.15) is 36.0 Å². The topological polar surface area (TPSA) is 17.1 Å². The lowest BCUT2D eigenvalue weighted by molar-refractivity contribution is -0.114. The van der Waals surface area contributed by atoms with Crippen molar-refractivity contribution in [2.45, 2.75) is 26.2 Å². The van der Waals surface area contributed by atoms with E-state index >= 15 is 0 Å². The average Bonchev–Trinajstić information content (AvgIpc) is 2.47. The monoisotopic (exact) mass is 264 g/mol. The molecule has 0 aliphatic carbocycles. The van der Waals surface area contributed by atoms with Crippen LogP contribution < -0.4 is 0 Å². The first-order chi connectivity index (χ1) is 9.65. The third kappa shape index (κ3) is 4.20. The van der Waals surface area contributed by atoms with Gasteiger partial charge in [0.05, 0.1) is 0 Å². The van der Waals surface area contributed by atoms with Crippen molar-refractivity contribution < 1.29 is 4.79 Å². The van der Waals surface area contributed by atoms with Crippen LogP contribution in [0.25, 0.3) is 6.08 Å². The molecule has 1 nitrogen and oxygen atoms in total. The van der Waals surface area contributed by atoms with Gasteiger partial charge in [0, 0.05) is 6.42 Å². The number of carbonyl (C=O) groups is 1. The Hall–Kier alpha value is -2.15. The number of ketones is 1. The summed E-state index contributed by atoms with van der Waals surface area (Å²) >= 11 is 0. The zero-order valence-electron chi connectivity index (χ0n) is 12.0. The molecule has 0 radical (unpaired) electrons. The summed E-state index contributed by atoms with van der Waals surface area (Å²) in [6.07, 6.45) is 4.11. The number of allylic oxidation sites excluding steroid dienone is 1. The molecule has 20 heavy (non-hydrogen) atoms. The van der Waals surface area contributed by atoms with Crippen molar-refractivity contribution in [2.75, 3.05) is 0 Å². The van der Waals surface area contributed by atoms with Gasteiger partial charge in [0.1, 0.15) is 0 Å². The van der Waals surface area contributed by atoms with E-state index in [4.69, 9.17) is 0 Å². The Morgan fingerprint density at radius 2 is 1.70 bits per heavy atom. The molecule has 1 heteroatoms. The van der Waals surface area contributed by atoms with Crippen molar-refractivity contribution in [3.05, 3.63) is 77.4 Å². The molecule has 0 aliphatic rings. The molecule has 0 spiro atoms. The minimum absolute atomic E-state index is 0.168. The normalized spacial score (nSPS) is 12.5. The van der Waals surface area contributed by atoms with Crippen molar-refractivity contribution in [1.29, 1.82) is 0 Å². The maximum Gasteiger partial charge on any atom is 0.156 e. The van der Waals surface area contributed by atoms with Crippen LogP contribution in [-0.2, 0) is 4.79 Å². The van der Waals surface area contributed by atoms with E-state index in [-0.39, 0.29) is 11.7 Å². The third-order valence-corrected chi connectivity index (χ3v) is 3.42. The fraction of sp³-hybridized carbons (Fsp3) is 0.211. The van der Waals surface area contributed by atoms with E-state index in [0.717, 1.165) is 5.56 Å². The second kappa shape index (κ2) is 6.85. The van der Waals surface area contributed by atoms with Gasteiger partial charge in [0.25, 0.3) is 0 Å². The zero-order valence-corrected chi connectivity index (χ0v) is 12.0.